The van der Waals surface area contributed by atoms with E-state index in [1.807, 2.05) is 27.0 Å². The van der Waals surface area contributed by atoms with Crippen molar-refractivity contribution >= 4 is 11.1 Å². The molecule has 0 fully saturated rings. The number of hydrogen-bond donors (Lipinski definition) is 0. The van der Waals surface area contributed by atoms with Crippen molar-refractivity contribution in [3.8, 4) is 0 Å². The van der Waals surface area contributed by atoms with Crippen molar-refractivity contribution < 1.29 is 18.9 Å². The molecule has 1 aromatic rings. The summed E-state index contributed by atoms with van der Waals surface area (Å²) in [5.41, 5.74) is 4.76. The molecular formula is C23H36O4. The first-order valence-corrected chi connectivity index (χ1v) is 9.65. The van der Waals surface area contributed by atoms with Crippen molar-refractivity contribution in [1.82, 2.24) is 0 Å². The molecule has 1 aromatic carbocycles. The first-order chi connectivity index (χ1) is 12.9. The lowest BCUT2D eigenvalue weighted by Gasteiger charge is -2.19. The highest BCUT2D eigenvalue weighted by Crippen LogP contribution is 2.20. The lowest BCUT2D eigenvalue weighted by Crippen LogP contribution is -2.26. The Labute approximate surface area is 165 Å². The van der Waals surface area contributed by atoms with Gasteiger partial charge in [-0.2, -0.15) is 0 Å². The molecule has 0 spiro atoms. The highest BCUT2D eigenvalue weighted by Gasteiger charge is 2.10. The van der Waals surface area contributed by atoms with Crippen molar-refractivity contribution in [2.75, 3.05) is 26.9 Å². The van der Waals surface area contributed by atoms with Crippen LogP contribution >= 0.6 is 0 Å². The third-order valence-corrected chi connectivity index (χ3v) is 4.32. The molecule has 3 atom stereocenters. The van der Waals surface area contributed by atoms with Crippen LogP contribution in [0.3, 0.4) is 0 Å². The Morgan fingerprint density at radius 2 is 1.44 bits per heavy atom. The molecule has 0 heterocycles. The van der Waals surface area contributed by atoms with E-state index >= 15 is 0 Å². The Kier molecular flexibility index (Phi) is 11.0. The zero-order valence-corrected chi connectivity index (χ0v) is 18.0. The zero-order chi connectivity index (χ0) is 20.2. The summed E-state index contributed by atoms with van der Waals surface area (Å²) < 4.78 is 22.4. The monoisotopic (exact) mass is 376 g/mol. The molecule has 0 aliphatic rings. The third-order valence-electron chi connectivity index (χ3n) is 4.32. The van der Waals surface area contributed by atoms with Crippen LogP contribution in [0, 0.1) is 0 Å². The van der Waals surface area contributed by atoms with Crippen LogP contribution in [0.1, 0.15) is 52.7 Å². The molecule has 0 bridgehead atoms. The highest BCUT2D eigenvalue weighted by molar-refractivity contribution is 5.70. The first kappa shape index (κ1) is 23.4. The van der Waals surface area contributed by atoms with Crippen molar-refractivity contribution in [3.05, 3.63) is 47.7 Å². The Balaban J connectivity index is 2.45. The van der Waals surface area contributed by atoms with Gasteiger partial charge in [0.2, 0.25) is 0 Å². The summed E-state index contributed by atoms with van der Waals surface area (Å²) in [7, 11) is 1.67. The van der Waals surface area contributed by atoms with E-state index in [0.717, 1.165) is 11.1 Å². The van der Waals surface area contributed by atoms with E-state index in [4.69, 9.17) is 18.9 Å². The van der Waals surface area contributed by atoms with Crippen LogP contribution in [-0.4, -0.2) is 45.2 Å². The minimum atomic E-state index is -0.0285. The molecular weight excluding hydrogens is 340 g/mol. The molecule has 152 valence electrons. The quantitative estimate of drug-likeness (QED) is 0.462. The van der Waals surface area contributed by atoms with Gasteiger partial charge in [-0.05, 0) is 69.9 Å². The molecule has 4 heteroatoms. The van der Waals surface area contributed by atoms with E-state index < -0.39 is 0 Å². The largest absolute Gasteiger partial charge is 0.496 e. The van der Waals surface area contributed by atoms with Gasteiger partial charge in [-0.3, -0.25) is 0 Å². The SMILES string of the molecule is C/C=C(\C)c1cccc(/C(C)=C/OC(C)COC(C)COC(C)COC)c1. The Morgan fingerprint density at radius 3 is 2.04 bits per heavy atom. The summed E-state index contributed by atoms with van der Waals surface area (Å²) in [6.07, 6.45) is 4.00. The summed E-state index contributed by atoms with van der Waals surface area (Å²) in [4.78, 5) is 0. The van der Waals surface area contributed by atoms with Crippen LogP contribution in [0.15, 0.2) is 36.6 Å². The molecule has 27 heavy (non-hydrogen) atoms. The Morgan fingerprint density at radius 1 is 0.889 bits per heavy atom. The van der Waals surface area contributed by atoms with Crippen LogP contribution in [0.5, 0.6) is 0 Å². The fourth-order valence-corrected chi connectivity index (χ4v) is 2.43. The van der Waals surface area contributed by atoms with E-state index in [2.05, 4.69) is 51.1 Å². The lowest BCUT2D eigenvalue weighted by atomic mass is 10.0. The number of allylic oxidation sites excluding steroid dienone is 3. The smallest absolute Gasteiger partial charge is 0.118 e. The number of benzene rings is 1. The van der Waals surface area contributed by atoms with Crippen molar-refractivity contribution in [2.45, 2.75) is 59.9 Å². The summed E-state index contributed by atoms with van der Waals surface area (Å²) in [5.74, 6) is 0. The maximum Gasteiger partial charge on any atom is 0.118 e. The molecule has 1 rings (SSSR count). The fourth-order valence-electron chi connectivity index (χ4n) is 2.43. The molecule has 0 amide bonds. The fraction of sp³-hybridized carbons (Fsp3) is 0.565. The van der Waals surface area contributed by atoms with Gasteiger partial charge in [0.1, 0.15) is 6.10 Å². The van der Waals surface area contributed by atoms with Gasteiger partial charge in [-0.1, -0.05) is 24.3 Å². The van der Waals surface area contributed by atoms with E-state index in [9.17, 15) is 0 Å². The van der Waals surface area contributed by atoms with Gasteiger partial charge >= 0.3 is 0 Å². The standard InChI is InChI=1S/C23H36O4/c1-8-17(2)22-10-9-11-23(12-22)18(3)13-25-20(5)15-27-21(6)16-26-19(4)14-24-7/h8-13,19-21H,14-16H2,1-7H3/b17-8+,18-13+. The number of ether oxygens (including phenoxy) is 4. The topological polar surface area (TPSA) is 36.9 Å². The van der Waals surface area contributed by atoms with Gasteiger partial charge in [-0.15, -0.1) is 0 Å². The van der Waals surface area contributed by atoms with Crippen molar-refractivity contribution in [3.63, 3.8) is 0 Å². The molecule has 3 unspecified atom stereocenters. The van der Waals surface area contributed by atoms with Crippen LogP contribution in [0.4, 0.5) is 0 Å². The molecule has 0 aliphatic heterocycles. The molecule has 4 nitrogen and oxygen atoms in total. The summed E-state index contributed by atoms with van der Waals surface area (Å²) in [5, 5.41) is 0. The van der Waals surface area contributed by atoms with Gasteiger partial charge in [0.25, 0.3) is 0 Å². The second kappa shape index (κ2) is 12.7. The summed E-state index contributed by atoms with van der Waals surface area (Å²) in [6.45, 7) is 13.9. The lowest BCUT2D eigenvalue weighted by molar-refractivity contribution is -0.0671. The molecule has 0 aliphatic carbocycles. The molecule has 0 saturated heterocycles. The predicted molar refractivity (Wildman–Crippen MR) is 113 cm³/mol. The van der Waals surface area contributed by atoms with Gasteiger partial charge in [0.15, 0.2) is 0 Å². The average molecular weight is 377 g/mol. The van der Waals surface area contributed by atoms with E-state index in [1.165, 1.54) is 11.1 Å². The normalized spacial score (nSPS) is 16.1. The average Bonchev–Trinajstić information content (AvgIpc) is 2.68. The predicted octanol–water partition coefficient (Wildman–Crippen LogP) is 5.33. The van der Waals surface area contributed by atoms with Crippen molar-refractivity contribution in [1.29, 1.82) is 0 Å². The van der Waals surface area contributed by atoms with Crippen LogP contribution in [-0.2, 0) is 18.9 Å². The van der Waals surface area contributed by atoms with Crippen LogP contribution in [0.2, 0.25) is 0 Å². The summed E-state index contributed by atoms with van der Waals surface area (Å²) in [6, 6.07) is 8.49. The minimum absolute atomic E-state index is 0.0147. The van der Waals surface area contributed by atoms with E-state index in [1.54, 1.807) is 7.11 Å². The number of rotatable bonds is 12. The minimum Gasteiger partial charge on any atom is -0.496 e. The van der Waals surface area contributed by atoms with Gasteiger partial charge in [-0.25, -0.2) is 0 Å². The van der Waals surface area contributed by atoms with E-state index in [-0.39, 0.29) is 18.3 Å². The molecule has 0 N–H and O–H groups in total. The zero-order valence-electron chi connectivity index (χ0n) is 18.0. The highest BCUT2D eigenvalue weighted by atomic mass is 16.6. The molecule has 0 aromatic heterocycles. The van der Waals surface area contributed by atoms with E-state index in [0.29, 0.717) is 19.8 Å². The number of hydrogen-bond acceptors (Lipinski definition) is 4. The maximum absolute atomic E-state index is 5.84. The first-order valence-electron chi connectivity index (χ1n) is 9.65. The van der Waals surface area contributed by atoms with Crippen molar-refractivity contribution in [2.24, 2.45) is 0 Å². The van der Waals surface area contributed by atoms with Gasteiger partial charge in [0.05, 0.1) is 38.3 Å². The summed E-state index contributed by atoms with van der Waals surface area (Å²) >= 11 is 0. The molecule has 0 saturated carbocycles. The second-order valence-electron chi connectivity index (χ2n) is 7.04. The van der Waals surface area contributed by atoms with Gasteiger partial charge in [0, 0.05) is 7.11 Å². The third kappa shape index (κ3) is 9.23. The van der Waals surface area contributed by atoms with Gasteiger partial charge < -0.3 is 18.9 Å². The number of methoxy groups -OCH3 is 1. The molecule has 0 radical (unpaired) electrons. The Bertz CT molecular complexity index is 606. The second-order valence-corrected chi connectivity index (χ2v) is 7.04. The van der Waals surface area contributed by atoms with Crippen LogP contribution in [0.25, 0.3) is 11.1 Å². The maximum atomic E-state index is 5.84. The van der Waals surface area contributed by atoms with Crippen LogP contribution < -0.4 is 0 Å². The Hall–Kier alpha value is -1.62.